The second-order valence-electron chi connectivity index (χ2n) is 10.0. The summed E-state index contributed by atoms with van der Waals surface area (Å²) in [6.07, 6.45) is 2.40. The molecule has 1 fully saturated rings. The standard InChI is InChI=1S/C30H33N3O3S/c1-20(2)23-11-13-24(14-12-23)28-27(29(35)36-18-22-9-5-4-6-10-22)21(3)31-30-33(28)25(19-37-30)17-26(34)32-15-7-8-16-32/h4-6,9-14,19-20,28H,7-8,15-18H2,1-3H3. The van der Waals surface area contributed by atoms with Gasteiger partial charge in [-0.1, -0.05) is 80.2 Å². The van der Waals surface area contributed by atoms with Crippen molar-refractivity contribution < 1.29 is 14.3 Å². The second kappa shape index (κ2) is 11.0. The van der Waals surface area contributed by atoms with Crippen LogP contribution in [-0.4, -0.2) is 39.9 Å². The van der Waals surface area contributed by atoms with E-state index in [-0.39, 0.29) is 24.9 Å². The molecule has 3 heterocycles. The summed E-state index contributed by atoms with van der Waals surface area (Å²) in [5.74, 6) is 0.143. The first-order valence-electron chi connectivity index (χ1n) is 13.0. The molecule has 3 aliphatic heterocycles. The molecule has 7 heteroatoms. The predicted molar refractivity (Wildman–Crippen MR) is 148 cm³/mol. The molecular weight excluding hydrogens is 482 g/mol. The van der Waals surface area contributed by atoms with Crippen LogP contribution in [0, 0.1) is 0 Å². The van der Waals surface area contributed by atoms with Crippen molar-refractivity contribution in [1.82, 2.24) is 9.80 Å². The fourth-order valence-electron chi connectivity index (χ4n) is 5.04. The Kier molecular flexibility index (Phi) is 7.51. The molecule has 192 valence electrons. The summed E-state index contributed by atoms with van der Waals surface area (Å²) >= 11 is 1.51. The van der Waals surface area contributed by atoms with Gasteiger partial charge in [0.15, 0.2) is 5.17 Å². The average molecular weight is 516 g/mol. The number of carbonyl (C=O) groups is 2. The number of hydrogen-bond acceptors (Lipinski definition) is 6. The molecule has 1 atom stereocenters. The van der Waals surface area contributed by atoms with Gasteiger partial charge in [0.25, 0.3) is 0 Å². The van der Waals surface area contributed by atoms with E-state index in [2.05, 4.69) is 43.0 Å². The highest BCUT2D eigenvalue weighted by Crippen LogP contribution is 2.45. The summed E-state index contributed by atoms with van der Waals surface area (Å²) in [5, 5.41) is 2.80. The zero-order chi connectivity index (χ0) is 25.9. The van der Waals surface area contributed by atoms with E-state index < -0.39 is 6.04 Å². The average Bonchev–Trinajstić information content (AvgIpc) is 3.58. The van der Waals surface area contributed by atoms with Crippen molar-refractivity contribution in [1.29, 1.82) is 0 Å². The second-order valence-corrected chi connectivity index (χ2v) is 10.9. The van der Waals surface area contributed by atoms with Crippen molar-refractivity contribution in [2.45, 2.75) is 58.6 Å². The first-order valence-corrected chi connectivity index (χ1v) is 13.8. The van der Waals surface area contributed by atoms with Crippen LogP contribution in [0.5, 0.6) is 0 Å². The molecule has 2 aromatic carbocycles. The van der Waals surface area contributed by atoms with Crippen molar-refractivity contribution in [2.75, 3.05) is 13.1 Å². The third-order valence-corrected chi connectivity index (χ3v) is 8.03. The van der Waals surface area contributed by atoms with E-state index in [0.29, 0.717) is 17.2 Å². The van der Waals surface area contributed by atoms with Gasteiger partial charge in [0.2, 0.25) is 5.91 Å². The number of rotatable bonds is 7. The van der Waals surface area contributed by atoms with E-state index in [0.717, 1.165) is 47.9 Å². The van der Waals surface area contributed by atoms with Crippen molar-refractivity contribution in [2.24, 2.45) is 4.99 Å². The summed E-state index contributed by atoms with van der Waals surface area (Å²) < 4.78 is 5.80. The van der Waals surface area contributed by atoms with E-state index in [1.54, 1.807) is 0 Å². The highest BCUT2D eigenvalue weighted by atomic mass is 32.2. The number of benzene rings is 2. The maximum Gasteiger partial charge on any atom is 0.338 e. The Morgan fingerprint density at radius 1 is 1.05 bits per heavy atom. The van der Waals surface area contributed by atoms with E-state index >= 15 is 0 Å². The van der Waals surface area contributed by atoms with Crippen LogP contribution in [-0.2, 0) is 20.9 Å². The van der Waals surface area contributed by atoms with Gasteiger partial charge in [-0.15, -0.1) is 0 Å². The number of carbonyl (C=O) groups excluding carboxylic acids is 2. The zero-order valence-corrected chi connectivity index (χ0v) is 22.5. The fraction of sp³-hybridized carbons (Fsp3) is 0.367. The fourth-order valence-corrected chi connectivity index (χ4v) is 6.01. The van der Waals surface area contributed by atoms with Gasteiger partial charge in [-0.3, -0.25) is 4.79 Å². The predicted octanol–water partition coefficient (Wildman–Crippen LogP) is 6.14. The van der Waals surface area contributed by atoms with Crippen LogP contribution >= 0.6 is 11.8 Å². The monoisotopic (exact) mass is 515 g/mol. The molecule has 0 bridgehead atoms. The number of esters is 1. The summed E-state index contributed by atoms with van der Waals surface area (Å²) in [5.41, 5.74) is 5.18. The lowest BCUT2D eigenvalue weighted by Gasteiger charge is -2.36. The number of hydrogen-bond donors (Lipinski definition) is 0. The summed E-state index contributed by atoms with van der Waals surface area (Å²) in [6, 6.07) is 17.7. The number of ether oxygens (including phenoxy) is 1. The molecule has 0 radical (unpaired) electrons. The summed E-state index contributed by atoms with van der Waals surface area (Å²) in [6.45, 7) is 8.02. The topological polar surface area (TPSA) is 62.2 Å². The third kappa shape index (κ3) is 5.37. The molecule has 37 heavy (non-hydrogen) atoms. The number of fused-ring (bicyclic) bond motifs is 1. The molecule has 0 saturated carbocycles. The van der Waals surface area contributed by atoms with Gasteiger partial charge in [0, 0.05) is 18.8 Å². The van der Waals surface area contributed by atoms with Crippen molar-refractivity contribution >= 4 is 28.8 Å². The van der Waals surface area contributed by atoms with Crippen molar-refractivity contribution in [3.63, 3.8) is 0 Å². The number of nitrogens with zero attached hydrogens (tertiary/aromatic N) is 3. The molecule has 1 saturated heterocycles. The van der Waals surface area contributed by atoms with Gasteiger partial charge >= 0.3 is 5.97 Å². The lowest BCUT2D eigenvalue weighted by molar-refractivity contribution is -0.141. The molecule has 0 aromatic heterocycles. The Balaban J connectivity index is 1.47. The van der Waals surface area contributed by atoms with Crippen LogP contribution < -0.4 is 0 Å². The maximum atomic E-state index is 13.6. The Morgan fingerprint density at radius 3 is 2.43 bits per heavy atom. The lowest BCUT2D eigenvalue weighted by atomic mass is 9.92. The minimum Gasteiger partial charge on any atom is -0.457 e. The van der Waals surface area contributed by atoms with E-state index in [4.69, 9.17) is 9.73 Å². The molecule has 0 N–H and O–H groups in total. The normalized spacial score (nSPS) is 19.2. The summed E-state index contributed by atoms with van der Waals surface area (Å²) in [7, 11) is 0. The molecule has 0 aliphatic carbocycles. The minimum absolute atomic E-state index is 0.124. The van der Waals surface area contributed by atoms with Crippen LogP contribution in [0.1, 0.15) is 68.7 Å². The van der Waals surface area contributed by atoms with Gasteiger partial charge < -0.3 is 14.5 Å². The largest absolute Gasteiger partial charge is 0.457 e. The first kappa shape index (κ1) is 25.3. The van der Waals surface area contributed by atoms with Gasteiger partial charge in [-0.2, -0.15) is 0 Å². The molecular formula is C30H33N3O3S. The Bertz CT molecular complexity index is 1260. The molecule has 1 amide bonds. The molecule has 1 unspecified atom stereocenters. The molecule has 0 spiro atoms. The highest BCUT2D eigenvalue weighted by molar-refractivity contribution is 8.16. The Morgan fingerprint density at radius 2 is 1.76 bits per heavy atom. The number of aliphatic imine (C=N–C) groups is 1. The number of likely N-dealkylation sites (tertiary alicyclic amines) is 1. The van der Waals surface area contributed by atoms with Gasteiger partial charge in [0.05, 0.1) is 23.7 Å². The number of amidine groups is 1. The smallest absolute Gasteiger partial charge is 0.338 e. The Hall–Kier alpha value is -3.32. The minimum atomic E-state index is -0.412. The lowest BCUT2D eigenvalue weighted by Crippen LogP contribution is -2.38. The van der Waals surface area contributed by atoms with Crippen LogP contribution in [0.15, 0.2) is 82.0 Å². The van der Waals surface area contributed by atoms with E-state index in [9.17, 15) is 9.59 Å². The first-order chi connectivity index (χ1) is 17.9. The van der Waals surface area contributed by atoms with Crippen LogP contribution in [0.4, 0.5) is 0 Å². The van der Waals surface area contributed by atoms with Crippen LogP contribution in [0.2, 0.25) is 0 Å². The van der Waals surface area contributed by atoms with Gasteiger partial charge in [0.1, 0.15) is 6.61 Å². The summed E-state index contributed by atoms with van der Waals surface area (Å²) in [4.78, 5) is 35.5. The molecule has 2 aromatic rings. The maximum absolute atomic E-state index is 13.6. The van der Waals surface area contributed by atoms with E-state index in [1.165, 1.54) is 17.3 Å². The highest BCUT2D eigenvalue weighted by Gasteiger charge is 2.41. The number of amides is 1. The van der Waals surface area contributed by atoms with Crippen molar-refractivity contribution in [3.8, 4) is 0 Å². The van der Waals surface area contributed by atoms with Gasteiger partial charge in [-0.25, -0.2) is 9.79 Å². The third-order valence-electron chi connectivity index (χ3n) is 7.14. The van der Waals surface area contributed by atoms with Crippen molar-refractivity contribution in [3.05, 3.63) is 93.7 Å². The Labute approximate surface area is 223 Å². The quantitative estimate of drug-likeness (QED) is 0.415. The molecule has 5 rings (SSSR count). The van der Waals surface area contributed by atoms with E-state index in [1.807, 2.05) is 47.6 Å². The van der Waals surface area contributed by atoms with Gasteiger partial charge in [-0.05, 0) is 47.8 Å². The van der Waals surface area contributed by atoms with Crippen LogP contribution in [0.3, 0.4) is 0 Å². The molecule has 3 aliphatic rings. The zero-order valence-electron chi connectivity index (χ0n) is 21.6. The number of thioether (sulfide) groups is 1. The van der Waals surface area contributed by atoms with Crippen LogP contribution in [0.25, 0.3) is 0 Å². The molecule has 6 nitrogen and oxygen atoms in total. The number of allylic oxidation sites excluding steroid dienone is 1. The SMILES string of the molecule is CC1=C(C(=O)OCc2ccccc2)C(c2ccc(C(C)C)cc2)N2C(CC(=O)N3CCCC3)=CSC2=N1.